The van der Waals surface area contributed by atoms with Crippen molar-refractivity contribution in [3.63, 3.8) is 0 Å². The maximum atomic E-state index is 10.6. The van der Waals surface area contributed by atoms with Crippen molar-refractivity contribution in [1.82, 2.24) is 10.6 Å². The van der Waals surface area contributed by atoms with Crippen molar-refractivity contribution in [1.29, 1.82) is 0 Å². The minimum Gasteiger partial charge on any atom is -0.444 e. The van der Waals surface area contributed by atoms with Crippen LogP contribution in [-0.4, -0.2) is 56.6 Å². The number of amides is 1. The van der Waals surface area contributed by atoms with Crippen molar-refractivity contribution in [2.45, 2.75) is 74.5 Å². The maximum Gasteiger partial charge on any atom is 0.262 e. The molecule has 0 fully saturated rings. The van der Waals surface area contributed by atoms with Gasteiger partial charge in [0.1, 0.15) is 0 Å². The lowest BCUT2D eigenvalue weighted by molar-refractivity contribution is -0.113. The Hall–Kier alpha value is -0.190. The van der Waals surface area contributed by atoms with E-state index in [0.29, 0.717) is 24.8 Å². The molecule has 0 aromatic heterocycles. The molecule has 1 amide bonds. The molecule has 0 bridgehead atoms. The van der Waals surface area contributed by atoms with Crippen LogP contribution in [0, 0.1) is 0 Å². The summed E-state index contributed by atoms with van der Waals surface area (Å²) >= 11 is 40.7. The van der Waals surface area contributed by atoms with Crippen LogP contribution in [0.2, 0.25) is 0 Å². The van der Waals surface area contributed by atoms with E-state index in [1.165, 1.54) is 0 Å². The third kappa shape index (κ3) is 60.3. The molecule has 1 unspecified atom stereocenters. The van der Waals surface area contributed by atoms with Gasteiger partial charge in [0.05, 0.1) is 29.9 Å². The van der Waals surface area contributed by atoms with Gasteiger partial charge in [0.25, 0.3) is 5.91 Å². The molecule has 0 saturated carbocycles. The molecule has 0 aromatic carbocycles. The molecule has 0 aliphatic rings. The molecule has 0 aliphatic carbocycles. The van der Waals surface area contributed by atoms with E-state index < -0.39 is 0 Å². The maximum absolute atomic E-state index is 10.6. The number of carbonyl (C=O) groups is 2. The van der Waals surface area contributed by atoms with Crippen LogP contribution in [-0.2, 0) is 14.3 Å². The molecule has 14 heteroatoms. The van der Waals surface area contributed by atoms with E-state index >= 15 is 0 Å². The molecule has 1 atom stereocenters. The smallest absolute Gasteiger partial charge is 0.262 e. The lowest BCUT2D eigenvalue weighted by Gasteiger charge is -1.97. The molecule has 35 heavy (non-hydrogen) atoms. The number of hydrogen-bond acceptors (Lipinski definition) is 12. The number of thiol groups is 1. The van der Waals surface area contributed by atoms with Gasteiger partial charge in [0, 0.05) is 13.8 Å². The van der Waals surface area contributed by atoms with E-state index in [0.717, 1.165) is 14.8 Å². The number of nitrogens with one attached hydrogen (secondary N) is 2. The second kappa shape index (κ2) is 28.4. The summed E-state index contributed by atoms with van der Waals surface area (Å²) in [5, 5.41) is 5.88. The molecule has 200 valence electrons. The molecular formula is C21H34N2O3S9. The predicted molar refractivity (Wildman–Crippen MR) is 188 cm³/mol. The number of ketones is 1. The van der Waals surface area contributed by atoms with Crippen LogP contribution in [0.4, 0.5) is 0 Å². The first-order chi connectivity index (χ1) is 15.6. The van der Waals surface area contributed by atoms with Gasteiger partial charge in [0.2, 0.25) is 0 Å². The van der Waals surface area contributed by atoms with Gasteiger partial charge in [-0.05, 0) is 84.7 Å². The topological polar surface area (TPSA) is 67.4 Å². The summed E-state index contributed by atoms with van der Waals surface area (Å²) in [6.07, 6.45) is 0. The summed E-state index contributed by atoms with van der Waals surface area (Å²) in [6.45, 7) is 17.3. The Balaban J connectivity index is -0.000000109. The van der Waals surface area contributed by atoms with Crippen molar-refractivity contribution < 1.29 is 14.3 Å². The Labute approximate surface area is 259 Å². The van der Waals surface area contributed by atoms with E-state index in [9.17, 15) is 9.59 Å². The van der Waals surface area contributed by atoms with Crippen LogP contribution in [0.25, 0.3) is 0 Å². The molecule has 5 nitrogen and oxygen atoms in total. The highest BCUT2D eigenvalue weighted by Gasteiger charge is 2.08. The molecule has 0 aromatic rings. The highest BCUT2D eigenvalue weighted by molar-refractivity contribution is 7.84. The van der Waals surface area contributed by atoms with Gasteiger partial charge in [-0.1, -0.05) is 73.3 Å². The predicted octanol–water partition coefficient (Wildman–Crippen LogP) is 6.47. The number of hydrogen-bond donors (Lipinski definition) is 3. The zero-order valence-corrected chi connectivity index (χ0v) is 28.9. The Kier molecular flexibility index (Phi) is 36.3. The normalized spacial score (nSPS) is 8.89. The van der Waals surface area contributed by atoms with E-state index in [-0.39, 0.29) is 16.9 Å². The second-order valence-electron chi connectivity index (χ2n) is 6.39. The number of thiocarbonyl (C=S) groups is 8. The van der Waals surface area contributed by atoms with Crippen LogP contribution in [0.3, 0.4) is 0 Å². The number of rotatable bonds is 3. The minimum atomic E-state index is -0.280. The number of ether oxygens (including phenoxy) is 1. The van der Waals surface area contributed by atoms with Gasteiger partial charge < -0.3 is 15.4 Å². The van der Waals surface area contributed by atoms with Crippen LogP contribution >= 0.6 is 110 Å². The van der Waals surface area contributed by atoms with E-state index in [4.69, 9.17) is 4.74 Å². The summed E-state index contributed by atoms with van der Waals surface area (Å²) in [6, 6.07) is 0. The first kappa shape index (κ1) is 44.8. The van der Waals surface area contributed by atoms with Crippen LogP contribution in [0.5, 0.6) is 0 Å². The highest BCUT2D eigenvalue weighted by Crippen LogP contribution is 1.95. The van der Waals surface area contributed by atoms with Gasteiger partial charge in [-0.3, -0.25) is 9.59 Å². The largest absolute Gasteiger partial charge is 0.444 e. The lowest BCUT2D eigenvalue weighted by atomic mass is 10.2. The fourth-order valence-corrected chi connectivity index (χ4v) is 2.27. The first-order valence-electron chi connectivity index (χ1n) is 9.57. The van der Waals surface area contributed by atoms with Crippen LogP contribution in [0.1, 0.15) is 69.2 Å². The monoisotopic (exact) mass is 650 g/mol. The van der Waals surface area contributed by atoms with Gasteiger partial charge in [-0.25, -0.2) is 0 Å². The molecule has 0 spiro atoms. The van der Waals surface area contributed by atoms with Crippen molar-refractivity contribution in [3.8, 4) is 0 Å². The van der Waals surface area contributed by atoms with Crippen LogP contribution in [0.15, 0.2) is 0 Å². The van der Waals surface area contributed by atoms with Gasteiger partial charge in [-0.15, -0.1) is 0 Å². The minimum absolute atomic E-state index is 0.0525. The van der Waals surface area contributed by atoms with Crippen molar-refractivity contribution in [3.05, 3.63) is 0 Å². The number of Topliss-reactive ketones (excluding diaryl/α,β-unsaturated/α-hetero) is 1. The quantitative estimate of drug-likeness (QED) is 0.232. The molecule has 0 heterocycles. The Morgan fingerprint density at radius 1 is 0.629 bits per heavy atom. The lowest BCUT2D eigenvalue weighted by Crippen LogP contribution is -2.30. The third-order valence-corrected chi connectivity index (χ3v) is 3.07. The zero-order chi connectivity index (χ0) is 29.5. The molecular weight excluding hydrogens is 617 g/mol. The zero-order valence-electron chi connectivity index (χ0n) is 21.5. The fourth-order valence-electron chi connectivity index (χ4n) is 0.992. The Bertz CT molecular complexity index is 754. The molecule has 2 N–H and O–H groups in total. The first-order valence-corrected chi connectivity index (χ1v) is 13.4. The Morgan fingerprint density at radius 2 is 0.914 bits per heavy atom. The van der Waals surface area contributed by atoms with E-state index in [2.05, 4.69) is 121 Å². The van der Waals surface area contributed by atoms with E-state index in [1.807, 2.05) is 13.8 Å². The third-order valence-electron chi connectivity index (χ3n) is 1.98. The molecule has 0 aliphatic heterocycles. The van der Waals surface area contributed by atoms with Crippen LogP contribution < -0.4 is 10.6 Å². The highest BCUT2D eigenvalue weighted by atomic mass is 32.1. The van der Waals surface area contributed by atoms with Gasteiger partial charge in [-0.2, -0.15) is 12.6 Å². The fraction of sp³-hybridized carbons (Fsp3) is 0.524. The van der Waals surface area contributed by atoms with Gasteiger partial charge in [0.15, 0.2) is 15.9 Å². The average Bonchev–Trinajstić information content (AvgIpc) is 2.58. The molecule has 0 radical (unpaired) electrons. The average molecular weight is 651 g/mol. The summed E-state index contributed by atoms with van der Waals surface area (Å²) in [5.41, 5.74) is 0. The van der Waals surface area contributed by atoms with Crippen molar-refractivity contribution in [2.75, 3.05) is 0 Å². The standard InChI is InChI=1S/C5H7NOS2.C5H8OS2.C4H7NS2.C4H6OS2.C3H6S/c1-3(8)5(7)6-4(2)9;1-3(7)5(6)4(2)8;2*1-3(6)5-4(2)7;1-3(2)4/h1-2H3,(H,6,7,9);3,7H,1-2H3;1-2H3,(H,5,6,7);1-2H3;1-2H3. The molecule has 0 saturated heterocycles. The molecule has 0 rings (SSSR count). The summed E-state index contributed by atoms with van der Waals surface area (Å²) in [5.74, 6) is -0.333. The summed E-state index contributed by atoms with van der Waals surface area (Å²) in [4.78, 5) is 24.9. The van der Waals surface area contributed by atoms with Crippen molar-refractivity contribution >= 4 is 162 Å². The summed E-state index contributed by atoms with van der Waals surface area (Å²) < 4.78 is 4.71. The van der Waals surface area contributed by atoms with Crippen molar-refractivity contribution in [2.24, 2.45) is 0 Å². The van der Waals surface area contributed by atoms with Gasteiger partial charge >= 0.3 is 0 Å². The SMILES string of the molecule is CC(=S)C(=O)C(C)S.CC(=S)NC(=O)C(C)=S.CC(=S)NC(C)=S.CC(=S)OC(C)=S.CC(C)=S. The Morgan fingerprint density at radius 3 is 0.943 bits per heavy atom. The second-order valence-corrected chi connectivity index (χ2v) is 12.2. The van der Waals surface area contributed by atoms with E-state index in [1.54, 1.807) is 55.4 Å². The summed E-state index contributed by atoms with van der Waals surface area (Å²) in [7, 11) is 0. The number of carbonyl (C=O) groups excluding carboxylic acids is 2.